The molecule has 3 rings (SSSR count). The first-order valence-electron chi connectivity index (χ1n) is 9.87. The second kappa shape index (κ2) is 8.88. The van der Waals surface area contributed by atoms with Crippen molar-refractivity contribution in [3.8, 4) is 11.1 Å². The van der Waals surface area contributed by atoms with E-state index in [0.29, 0.717) is 19.4 Å². The van der Waals surface area contributed by atoms with Crippen LogP contribution in [0.1, 0.15) is 44.7 Å². The standard InChI is InChI=1S/C22H28N2O3S/c1-3-16-28(26,27)24-15-7-10-21(24)22(25)23-17(2)18-11-13-20(14-12-18)19-8-5-4-6-9-19/h4-6,8-9,11-14,17,21H,3,7,10,15-16H2,1-2H3,(H,23,25)/t17-,21-/m1/s1. The molecule has 2 aromatic rings. The zero-order valence-electron chi connectivity index (χ0n) is 16.5. The first kappa shape index (κ1) is 20.6. The van der Waals surface area contributed by atoms with Gasteiger partial charge in [-0.05, 0) is 42.9 Å². The third-order valence-corrected chi connectivity index (χ3v) is 7.28. The summed E-state index contributed by atoms with van der Waals surface area (Å²) in [4.78, 5) is 12.8. The fraction of sp³-hybridized carbons (Fsp3) is 0.409. The summed E-state index contributed by atoms with van der Waals surface area (Å²) >= 11 is 0. The number of hydrogen-bond donors (Lipinski definition) is 1. The van der Waals surface area contributed by atoms with Gasteiger partial charge in [0, 0.05) is 6.54 Å². The van der Waals surface area contributed by atoms with E-state index in [2.05, 4.69) is 17.4 Å². The number of sulfonamides is 1. The van der Waals surface area contributed by atoms with Gasteiger partial charge in [0.05, 0.1) is 11.8 Å². The highest BCUT2D eigenvalue weighted by atomic mass is 32.2. The number of benzene rings is 2. The lowest BCUT2D eigenvalue weighted by atomic mass is 10.0. The van der Waals surface area contributed by atoms with Gasteiger partial charge in [-0.15, -0.1) is 0 Å². The van der Waals surface area contributed by atoms with Crippen molar-refractivity contribution >= 4 is 15.9 Å². The van der Waals surface area contributed by atoms with Gasteiger partial charge in [-0.1, -0.05) is 61.5 Å². The zero-order valence-corrected chi connectivity index (χ0v) is 17.3. The second-order valence-electron chi connectivity index (χ2n) is 7.30. The number of rotatable bonds is 7. The Balaban J connectivity index is 1.67. The Hall–Kier alpha value is -2.18. The number of nitrogens with zero attached hydrogens (tertiary/aromatic N) is 1. The molecule has 0 aromatic heterocycles. The van der Waals surface area contributed by atoms with Crippen LogP contribution >= 0.6 is 0 Å². The summed E-state index contributed by atoms with van der Waals surface area (Å²) in [6, 6.07) is 17.4. The molecule has 5 nitrogen and oxygen atoms in total. The summed E-state index contributed by atoms with van der Waals surface area (Å²) in [5.41, 5.74) is 3.26. The Morgan fingerprint density at radius 2 is 1.75 bits per heavy atom. The van der Waals surface area contributed by atoms with Crippen molar-refractivity contribution in [3.05, 3.63) is 60.2 Å². The van der Waals surface area contributed by atoms with Crippen molar-refractivity contribution in [1.29, 1.82) is 0 Å². The van der Waals surface area contributed by atoms with E-state index in [1.54, 1.807) is 0 Å². The lowest BCUT2D eigenvalue weighted by molar-refractivity contribution is -0.124. The van der Waals surface area contributed by atoms with Gasteiger partial charge in [-0.3, -0.25) is 4.79 Å². The van der Waals surface area contributed by atoms with Gasteiger partial charge in [-0.25, -0.2) is 8.42 Å². The van der Waals surface area contributed by atoms with Crippen LogP contribution in [0.3, 0.4) is 0 Å². The molecule has 6 heteroatoms. The van der Waals surface area contributed by atoms with Crippen LogP contribution in [0.25, 0.3) is 11.1 Å². The van der Waals surface area contributed by atoms with Crippen molar-refractivity contribution in [2.24, 2.45) is 0 Å². The predicted octanol–water partition coefficient (Wildman–Crippen LogP) is 3.74. The average Bonchev–Trinajstić information content (AvgIpc) is 3.20. The maximum absolute atomic E-state index is 12.8. The number of hydrogen-bond acceptors (Lipinski definition) is 3. The molecule has 1 amide bonds. The number of carbonyl (C=O) groups is 1. The number of amides is 1. The molecular formula is C22H28N2O3S. The summed E-state index contributed by atoms with van der Waals surface area (Å²) in [7, 11) is -3.37. The van der Waals surface area contributed by atoms with Gasteiger partial charge in [0.15, 0.2) is 0 Å². The van der Waals surface area contributed by atoms with Gasteiger partial charge in [-0.2, -0.15) is 4.31 Å². The summed E-state index contributed by atoms with van der Waals surface area (Å²) in [5.74, 6) is -0.121. The van der Waals surface area contributed by atoms with Crippen molar-refractivity contribution in [2.45, 2.75) is 45.2 Å². The predicted molar refractivity (Wildman–Crippen MR) is 112 cm³/mol. The smallest absolute Gasteiger partial charge is 0.238 e. The fourth-order valence-corrected chi connectivity index (χ4v) is 5.44. The third-order valence-electron chi connectivity index (χ3n) is 5.20. The van der Waals surface area contributed by atoms with Crippen LogP contribution in [0.5, 0.6) is 0 Å². The Bertz CT molecular complexity index is 895. The normalized spacial score (nSPS) is 18.7. The molecule has 1 aliphatic heterocycles. The van der Waals surface area contributed by atoms with Gasteiger partial charge < -0.3 is 5.32 Å². The molecule has 0 aliphatic carbocycles. The Labute approximate surface area is 167 Å². The molecule has 150 valence electrons. The van der Waals surface area contributed by atoms with Crippen LogP contribution in [0.15, 0.2) is 54.6 Å². The molecule has 2 atom stereocenters. The van der Waals surface area contributed by atoms with Gasteiger partial charge in [0.2, 0.25) is 15.9 Å². The molecule has 1 saturated heterocycles. The van der Waals surface area contributed by atoms with E-state index in [1.165, 1.54) is 4.31 Å². The first-order valence-corrected chi connectivity index (χ1v) is 11.5. The summed E-state index contributed by atoms with van der Waals surface area (Å²) < 4.78 is 26.2. The maximum Gasteiger partial charge on any atom is 0.238 e. The largest absolute Gasteiger partial charge is 0.348 e. The number of nitrogens with one attached hydrogen (secondary N) is 1. The van der Waals surface area contributed by atoms with Crippen LogP contribution in [0.2, 0.25) is 0 Å². The Morgan fingerprint density at radius 3 is 2.39 bits per heavy atom. The molecular weight excluding hydrogens is 372 g/mol. The highest BCUT2D eigenvalue weighted by molar-refractivity contribution is 7.89. The maximum atomic E-state index is 12.8. The molecule has 0 unspecified atom stereocenters. The average molecular weight is 401 g/mol. The SMILES string of the molecule is CCCS(=O)(=O)N1CCC[C@@H]1C(=O)N[C@H](C)c1ccc(-c2ccccc2)cc1. The minimum absolute atomic E-state index is 0.0906. The molecule has 0 bridgehead atoms. The van der Waals surface area contributed by atoms with Crippen molar-refractivity contribution in [2.75, 3.05) is 12.3 Å². The summed E-state index contributed by atoms with van der Waals surface area (Å²) in [5, 5.41) is 3.00. The first-order chi connectivity index (χ1) is 13.4. The highest BCUT2D eigenvalue weighted by Gasteiger charge is 2.38. The van der Waals surface area contributed by atoms with Crippen LogP contribution in [0.4, 0.5) is 0 Å². The van der Waals surface area contributed by atoms with Crippen molar-refractivity contribution in [1.82, 2.24) is 9.62 Å². The van der Waals surface area contributed by atoms with Gasteiger partial charge in [0.25, 0.3) is 0 Å². The zero-order chi connectivity index (χ0) is 20.1. The molecule has 0 saturated carbocycles. The second-order valence-corrected chi connectivity index (χ2v) is 9.34. The monoisotopic (exact) mass is 400 g/mol. The van der Waals surface area contributed by atoms with E-state index in [4.69, 9.17) is 0 Å². The number of carbonyl (C=O) groups excluding carboxylic acids is 1. The van der Waals surface area contributed by atoms with Crippen molar-refractivity contribution < 1.29 is 13.2 Å². The third kappa shape index (κ3) is 4.62. The topological polar surface area (TPSA) is 66.5 Å². The fourth-order valence-electron chi connectivity index (χ4n) is 3.70. The minimum Gasteiger partial charge on any atom is -0.348 e. The van der Waals surface area contributed by atoms with E-state index in [-0.39, 0.29) is 17.7 Å². The molecule has 0 spiro atoms. The Kier molecular flexibility index (Phi) is 6.52. The van der Waals surface area contributed by atoms with Crippen molar-refractivity contribution in [3.63, 3.8) is 0 Å². The molecule has 1 aliphatic rings. The van der Waals surface area contributed by atoms with E-state index in [9.17, 15) is 13.2 Å². The van der Waals surface area contributed by atoms with Crippen LogP contribution in [-0.2, 0) is 14.8 Å². The lowest BCUT2D eigenvalue weighted by Crippen LogP contribution is -2.47. The van der Waals surface area contributed by atoms with Crippen LogP contribution in [-0.4, -0.2) is 37.0 Å². The quantitative estimate of drug-likeness (QED) is 0.770. The molecule has 28 heavy (non-hydrogen) atoms. The van der Waals surface area contributed by atoms with Gasteiger partial charge in [0.1, 0.15) is 6.04 Å². The van der Waals surface area contributed by atoms with E-state index in [1.807, 2.05) is 56.3 Å². The molecule has 1 fully saturated rings. The van der Waals surface area contributed by atoms with E-state index < -0.39 is 16.1 Å². The van der Waals surface area contributed by atoms with Crippen LogP contribution < -0.4 is 5.32 Å². The Morgan fingerprint density at radius 1 is 1.11 bits per heavy atom. The molecule has 1 N–H and O–H groups in total. The molecule has 2 aromatic carbocycles. The van der Waals surface area contributed by atoms with Crippen LogP contribution in [0, 0.1) is 0 Å². The summed E-state index contributed by atoms with van der Waals surface area (Å²) in [6.07, 6.45) is 1.85. The molecule has 0 radical (unpaired) electrons. The minimum atomic E-state index is -3.37. The van der Waals surface area contributed by atoms with E-state index in [0.717, 1.165) is 23.1 Å². The van der Waals surface area contributed by atoms with E-state index >= 15 is 0 Å². The lowest BCUT2D eigenvalue weighted by Gasteiger charge is -2.25. The highest BCUT2D eigenvalue weighted by Crippen LogP contribution is 2.24. The molecule has 1 heterocycles. The summed E-state index contributed by atoms with van der Waals surface area (Å²) in [6.45, 7) is 4.19. The van der Waals surface area contributed by atoms with Gasteiger partial charge >= 0.3 is 0 Å².